The first-order valence-electron chi connectivity index (χ1n) is 7.40. The highest BCUT2D eigenvalue weighted by atomic mass is 35.5. The Morgan fingerprint density at radius 2 is 1.60 bits per heavy atom. The number of halogens is 1. The molecule has 1 N–H and O–H groups in total. The second kappa shape index (κ2) is 8.39. The Bertz CT molecular complexity index is 806. The van der Waals surface area contributed by atoms with Crippen molar-refractivity contribution in [3.8, 4) is 17.2 Å². The van der Waals surface area contributed by atoms with Crippen LogP contribution in [0.15, 0.2) is 41.5 Å². The number of hydrogen-bond donors (Lipinski definition) is 1. The molecule has 0 heterocycles. The van der Waals surface area contributed by atoms with Crippen LogP contribution in [0.2, 0.25) is 5.02 Å². The third-order valence-corrected chi connectivity index (χ3v) is 3.76. The van der Waals surface area contributed by atoms with Crippen LogP contribution >= 0.6 is 11.6 Å². The highest BCUT2D eigenvalue weighted by Gasteiger charge is 2.12. The monoisotopic (exact) mass is 362 g/mol. The van der Waals surface area contributed by atoms with E-state index in [1.165, 1.54) is 14.2 Å². The lowest BCUT2D eigenvalue weighted by molar-refractivity contribution is 0.0954. The molecule has 2 aromatic rings. The van der Waals surface area contributed by atoms with E-state index in [4.69, 9.17) is 25.8 Å². The van der Waals surface area contributed by atoms with Gasteiger partial charge in [0, 0.05) is 16.1 Å². The zero-order valence-corrected chi connectivity index (χ0v) is 15.2. The summed E-state index contributed by atoms with van der Waals surface area (Å²) in [7, 11) is 4.60. The van der Waals surface area contributed by atoms with Crippen LogP contribution in [-0.4, -0.2) is 32.9 Å². The van der Waals surface area contributed by atoms with Gasteiger partial charge in [0.1, 0.15) is 5.75 Å². The number of benzene rings is 2. The van der Waals surface area contributed by atoms with Crippen LogP contribution in [0.1, 0.15) is 22.8 Å². The van der Waals surface area contributed by atoms with E-state index in [1.54, 1.807) is 50.4 Å². The van der Waals surface area contributed by atoms with Gasteiger partial charge in [0.15, 0.2) is 11.5 Å². The average molecular weight is 363 g/mol. The number of nitrogens with zero attached hydrogens (tertiary/aromatic N) is 1. The summed E-state index contributed by atoms with van der Waals surface area (Å²) in [5, 5.41) is 4.68. The Kier molecular flexibility index (Phi) is 6.25. The first-order chi connectivity index (χ1) is 12.0. The highest BCUT2D eigenvalue weighted by molar-refractivity contribution is 6.31. The molecule has 25 heavy (non-hydrogen) atoms. The lowest BCUT2D eigenvalue weighted by Gasteiger charge is -2.10. The molecule has 0 aliphatic rings. The number of amides is 1. The van der Waals surface area contributed by atoms with Crippen molar-refractivity contribution in [2.45, 2.75) is 6.92 Å². The number of ether oxygens (including phenoxy) is 3. The van der Waals surface area contributed by atoms with Crippen molar-refractivity contribution in [2.75, 3.05) is 21.3 Å². The topological polar surface area (TPSA) is 69.2 Å². The van der Waals surface area contributed by atoms with E-state index in [9.17, 15) is 4.79 Å². The number of carbonyl (C=O) groups is 1. The molecule has 6 nitrogen and oxygen atoms in total. The van der Waals surface area contributed by atoms with Gasteiger partial charge in [-0.2, -0.15) is 5.10 Å². The normalized spacial score (nSPS) is 11.0. The fraction of sp³-hybridized carbons (Fsp3) is 0.222. The van der Waals surface area contributed by atoms with Crippen LogP contribution in [0.5, 0.6) is 17.2 Å². The van der Waals surface area contributed by atoms with Gasteiger partial charge in [-0.05, 0) is 43.3 Å². The minimum Gasteiger partial charge on any atom is -0.496 e. The average Bonchev–Trinajstić information content (AvgIpc) is 2.65. The van der Waals surface area contributed by atoms with Gasteiger partial charge in [-0.15, -0.1) is 0 Å². The largest absolute Gasteiger partial charge is 0.496 e. The van der Waals surface area contributed by atoms with Crippen LogP contribution in [0.4, 0.5) is 0 Å². The predicted octanol–water partition coefficient (Wildman–Crippen LogP) is 3.52. The number of hydrogen-bond acceptors (Lipinski definition) is 5. The van der Waals surface area contributed by atoms with E-state index in [1.807, 2.05) is 0 Å². The summed E-state index contributed by atoms with van der Waals surface area (Å²) in [6, 6.07) is 10.1. The molecule has 0 bridgehead atoms. The minimum absolute atomic E-state index is 0.374. The zero-order chi connectivity index (χ0) is 18.4. The van der Waals surface area contributed by atoms with Crippen molar-refractivity contribution in [3.05, 3.63) is 52.5 Å². The van der Waals surface area contributed by atoms with Gasteiger partial charge in [-0.3, -0.25) is 4.79 Å². The summed E-state index contributed by atoms with van der Waals surface area (Å²) >= 11 is 6.01. The molecule has 0 aromatic heterocycles. The molecule has 0 aliphatic heterocycles. The molecular weight excluding hydrogens is 344 g/mol. The number of hydrazone groups is 1. The SMILES string of the molecule is COc1ccc(C(=O)N/N=C(/C)c2cc(Cl)ccc2OC)cc1OC. The van der Waals surface area contributed by atoms with Crippen molar-refractivity contribution in [2.24, 2.45) is 5.10 Å². The lowest BCUT2D eigenvalue weighted by Crippen LogP contribution is -2.19. The van der Waals surface area contributed by atoms with Gasteiger partial charge < -0.3 is 14.2 Å². The van der Waals surface area contributed by atoms with E-state index >= 15 is 0 Å². The molecule has 0 saturated carbocycles. The molecule has 0 fully saturated rings. The summed E-state index contributed by atoms with van der Waals surface area (Å²) in [5.74, 6) is 1.25. The standard InChI is InChI=1S/C18H19ClN2O4/c1-11(14-10-13(19)6-8-15(14)23-2)20-21-18(22)12-5-7-16(24-3)17(9-12)25-4/h5-10H,1-4H3,(H,21,22)/b20-11-. The highest BCUT2D eigenvalue weighted by Crippen LogP contribution is 2.27. The number of rotatable bonds is 6. The molecule has 2 aromatic carbocycles. The maximum absolute atomic E-state index is 12.3. The smallest absolute Gasteiger partial charge is 0.271 e. The van der Waals surface area contributed by atoms with Crippen molar-refractivity contribution >= 4 is 23.2 Å². The van der Waals surface area contributed by atoms with Gasteiger partial charge in [0.25, 0.3) is 5.91 Å². The molecule has 0 saturated heterocycles. The van der Waals surface area contributed by atoms with Crippen LogP contribution < -0.4 is 19.6 Å². The molecule has 0 aliphatic carbocycles. The third-order valence-electron chi connectivity index (χ3n) is 3.52. The molecule has 0 spiro atoms. The molecule has 0 unspecified atom stereocenters. The summed E-state index contributed by atoms with van der Waals surface area (Å²) in [5.41, 5.74) is 4.17. The first-order valence-corrected chi connectivity index (χ1v) is 7.78. The van der Waals surface area contributed by atoms with E-state index < -0.39 is 0 Å². The van der Waals surface area contributed by atoms with Gasteiger partial charge in [0.2, 0.25) is 0 Å². The quantitative estimate of drug-likeness (QED) is 0.630. The minimum atomic E-state index is -0.374. The molecule has 7 heteroatoms. The molecule has 132 valence electrons. The van der Waals surface area contributed by atoms with Crippen LogP contribution in [0.25, 0.3) is 0 Å². The van der Waals surface area contributed by atoms with E-state index in [0.29, 0.717) is 39.1 Å². The summed E-state index contributed by atoms with van der Waals surface area (Å²) in [4.78, 5) is 12.3. The van der Waals surface area contributed by atoms with Crippen LogP contribution in [-0.2, 0) is 0 Å². The van der Waals surface area contributed by atoms with Crippen molar-refractivity contribution in [1.29, 1.82) is 0 Å². The second-order valence-corrected chi connectivity index (χ2v) is 5.49. The van der Waals surface area contributed by atoms with Crippen LogP contribution in [0.3, 0.4) is 0 Å². The fourth-order valence-electron chi connectivity index (χ4n) is 2.20. The summed E-state index contributed by atoms with van der Waals surface area (Å²) in [6.45, 7) is 1.75. The number of carbonyl (C=O) groups excluding carboxylic acids is 1. The van der Waals surface area contributed by atoms with Gasteiger partial charge in [-0.25, -0.2) is 5.43 Å². The molecule has 1 amide bonds. The summed E-state index contributed by atoms with van der Waals surface area (Å²) in [6.07, 6.45) is 0. The number of nitrogens with one attached hydrogen (secondary N) is 1. The fourth-order valence-corrected chi connectivity index (χ4v) is 2.37. The summed E-state index contributed by atoms with van der Waals surface area (Å²) < 4.78 is 15.6. The van der Waals surface area contributed by atoms with Crippen molar-refractivity contribution in [1.82, 2.24) is 5.43 Å². The Hall–Kier alpha value is -2.73. The molecular formula is C18H19ClN2O4. The van der Waals surface area contributed by atoms with Crippen molar-refractivity contribution < 1.29 is 19.0 Å². The predicted molar refractivity (Wildman–Crippen MR) is 97.2 cm³/mol. The van der Waals surface area contributed by atoms with E-state index in [-0.39, 0.29) is 5.91 Å². The van der Waals surface area contributed by atoms with Crippen LogP contribution in [0, 0.1) is 0 Å². The number of methoxy groups -OCH3 is 3. The molecule has 0 radical (unpaired) electrons. The van der Waals surface area contributed by atoms with Crippen molar-refractivity contribution in [3.63, 3.8) is 0 Å². The first kappa shape index (κ1) is 18.6. The molecule has 0 atom stereocenters. The second-order valence-electron chi connectivity index (χ2n) is 5.05. The maximum atomic E-state index is 12.3. The lowest BCUT2D eigenvalue weighted by atomic mass is 10.1. The van der Waals surface area contributed by atoms with E-state index in [2.05, 4.69) is 10.5 Å². The van der Waals surface area contributed by atoms with E-state index in [0.717, 1.165) is 0 Å². The zero-order valence-electron chi connectivity index (χ0n) is 14.4. The maximum Gasteiger partial charge on any atom is 0.271 e. The molecule has 2 rings (SSSR count). The Morgan fingerprint density at radius 3 is 2.24 bits per heavy atom. The van der Waals surface area contributed by atoms with Gasteiger partial charge >= 0.3 is 0 Å². The third kappa shape index (κ3) is 4.42. The Morgan fingerprint density at radius 1 is 0.960 bits per heavy atom. The van der Waals surface area contributed by atoms with Gasteiger partial charge in [-0.1, -0.05) is 11.6 Å². The Labute approximate surface area is 151 Å². The van der Waals surface area contributed by atoms with Gasteiger partial charge in [0.05, 0.1) is 27.0 Å². The Balaban J connectivity index is 2.21.